The number of benzene rings is 1. The molecule has 0 saturated carbocycles. The summed E-state index contributed by atoms with van der Waals surface area (Å²) >= 11 is 0. The molecule has 0 radical (unpaired) electrons. The third kappa shape index (κ3) is 4.43. The second-order valence-corrected chi connectivity index (χ2v) is 6.22. The van der Waals surface area contributed by atoms with Crippen LogP contribution in [0.25, 0.3) is 0 Å². The summed E-state index contributed by atoms with van der Waals surface area (Å²) in [6.45, 7) is 11.8. The molecule has 0 bridgehead atoms. The van der Waals surface area contributed by atoms with Gasteiger partial charge in [0.15, 0.2) is 0 Å². The molecule has 1 fully saturated rings. The highest BCUT2D eigenvalue weighted by Gasteiger charge is 2.23. The molecule has 2 N–H and O–H groups in total. The lowest BCUT2D eigenvalue weighted by atomic mass is 10.1. The molecule has 1 aromatic carbocycles. The smallest absolute Gasteiger partial charge is 0.124 e. The van der Waals surface area contributed by atoms with Crippen LogP contribution in [0.2, 0.25) is 0 Å². The molecule has 0 amide bonds. The molecule has 1 aliphatic rings. The van der Waals surface area contributed by atoms with Crippen molar-refractivity contribution >= 4 is 0 Å². The summed E-state index contributed by atoms with van der Waals surface area (Å²) in [6, 6.07) is 6.71. The van der Waals surface area contributed by atoms with Gasteiger partial charge in [0.05, 0.1) is 6.61 Å². The average Bonchev–Trinajstić information content (AvgIpc) is 2.45. The maximum Gasteiger partial charge on any atom is 0.124 e. The predicted octanol–water partition coefficient (Wildman–Crippen LogP) is 2.50. The van der Waals surface area contributed by atoms with Crippen molar-refractivity contribution in [3.05, 3.63) is 29.3 Å². The molecule has 118 valence electrons. The number of rotatable bonds is 5. The van der Waals surface area contributed by atoms with Crippen molar-refractivity contribution in [2.24, 2.45) is 5.73 Å². The zero-order chi connectivity index (χ0) is 15.4. The van der Waals surface area contributed by atoms with Gasteiger partial charge in [-0.05, 0) is 39.3 Å². The zero-order valence-corrected chi connectivity index (χ0v) is 13.6. The van der Waals surface area contributed by atoms with Crippen LogP contribution in [0.15, 0.2) is 18.2 Å². The van der Waals surface area contributed by atoms with Crippen molar-refractivity contribution in [3.8, 4) is 5.75 Å². The van der Waals surface area contributed by atoms with Gasteiger partial charge in [-0.1, -0.05) is 12.1 Å². The van der Waals surface area contributed by atoms with E-state index in [0.717, 1.165) is 31.0 Å². The Morgan fingerprint density at radius 3 is 2.81 bits per heavy atom. The summed E-state index contributed by atoms with van der Waals surface area (Å²) in [7, 11) is 0. The van der Waals surface area contributed by atoms with Gasteiger partial charge >= 0.3 is 0 Å². The van der Waals surface area contributed by atoms with Crippen molar-refractivity contribution in [1.82, 2.24) is 4.90 Å². The molecule has 0 aliphatic carbocycles. The molecule has 2 rings (SSSR count). The van der Waals surface area contributed by atoms with Crippen LogP contribution in [-0.4, -0.2) is 43.3 Å². The van der Waals surface area contributed by atoms with E-state index < -0.39 is 0 Å². The van der Waals surface area contributed by atoms with Crippen LogP contribution in [-0.2, 0) is 4.74 Å². The monoisotopic (exact) mass is 292 g/mol. The third-order valence-electron chi connectivity index (χ3n) is 3.98. The quantitative estimate of drug-likeness (QED) is 0.906. The standard InChI is InChI=1S/C17H28N2O2/c1-12(2)19-7-8-20-15(10-19)11-21-17-9-13(3)5-6-16(17)14(4)18/h5-6,9,12,14-15H,7-8,10-11,18H2,1-4H3. The topological polar surface area (TPSA) is 47.7 Å². The van der Waals surface area contributed by atoms with Crippen molar-refractivity contribution in [2.45, 2.75) is 45.9 Å². The minimum Gasteiger partial charge on any atom is -0.490 e. The van der Waals surface area contributed by atoms with E-state index in [1.807, 2.05) is 6.92 Å². The van der Waals surface area contributed by atoms with Crippen LogP contribution in [0.1, 0.15) is 37.9 Å². The van der Waals surface area contributed by atoms with Gasteiger partial charge in [-0.2, -0.15) is 0 Å². The van der Waals surface area contributed by atoms with Crippen LogP contribution < -0.4 is 10.5 Å². The number of aryl methyl sites for hydroxylation is 1. The largest absolute Gasteiger partial charge is 0.490 e. The molecule has 1 saturated heterocycles. The van der Waals surface area contributed by atoms with Crippen molar-refractivity contribution in [3.63, 3.8) is 0 Å². The summed E-state index contributed by atoms with van der Waals surface area (Å²) in [5.74, 6) is 0.885. The molecule has 1 heterocycles. The Morgan fingerprint density at radius 2 is 2.14 bits per heavy atom. The second-order valence-electron chi connectivity index (χ2n) is 6.22. The molecule has 1 aliphatic heterocycles. The Hall–Kier alpha value is -1.10. The number of ether oxygens (including phenoxy) is 2. The molecule has 21 heavy (non-hydrogen) atoms. The van der Waals surface area contributed by atoms with E-state index in [0.29, 0.717) is 12.6 Å². The van der Waals surface area contributed by atoms with Crippen LogP contribution in [0.4, 0.5) is 0 Å². The maximum absolute atomic E-state index is 6.02. The number of hydrogen-bond acceptors (Lipinski definition) is 4. The first-order valence-electron chi connectivity index (χ1n) is 7.82. The average molecular weight is 292 g/mol. The summed E-state index contributed by atoms with van der Waals surface area (Å²) in [5, 5.41) is 0. The summed E-state index contributed by atoms with van der Waals surface area (Å²) < 4.78 is 11.8. The molecule has 0 spiro atoms. The van der Waals surface area contributed by atoms with Crippen molar-refractivity contribution in [2.75, 3.05) is 26.3 Å². The summed E-state index contributed by atoms with van der Waals surface area (Å²) in [6.07, 6.45) is 0.127. The molecule has 2 unspecified atom stereocenters. The van der Waals surface area contributed by atoms with E-state index in [9.17, 15) is 0 Å². The first kappa shape index (κ1) is 16.3. The van der Waals surface area contributed by atoms with Crippen molar-refractivity contribution in [1.29, 1.82) is 0 Å². The van der Waals surface area contributed by atoms with E-state index in [2.05, 4.69) is 43.9 Å². The van der Waals surface area contributed by atoms with Crippen LogP contribution in [0.3, 0.4) is 0 Å². The Kier molecular flexibility index (Phi) is 5.62. The molecular formula is C17H28N2O2. The zero-order valence-electron chi connectivity index (χ0n) is 13.6. The van der Waals surface area contributed by atoms with E-state index in [-0.39, 0.29) is 12.1 Å². The predicted molar refractivity (Wildman–Crippen MR) is 85.7 cm³/mol. The van der Waals surface area contributed by atoms with E-state index in [1.54, 1.807) is 0 Å². The molecule has 1 aromatic rings. The van der Waals surface area contributed by atoms with Gasteiger partial charge in [-0.3, -0.25) is 4.90 Å². The number of hydrogen-bond donors (Lipinski definition) is 1. The highest BCUT2D eigenvalue weighted by Crippen LogP contribution is 2.25. The Labute approximate surface area is 128 Å². The van der Waals surface area contributed by atoms with Gasteiger partial charge < -0.3 is 15.2 Å². The number of nitrogens with zero attached hydrogens (tertiary/aromatic N) is 1. The Balaban J connectivity index is 1.98. The lowest BCUT2D eigenvalue weighted by Gasteiger charge is -2.35. The lowest BCUT2D eigenvalue weighted by Crippen LogP contribution is -2.47. The fraction of sp³-hybridized carbons (Fsp3) is 0.647. The van der Waals surface area contributed by atoms with Crippen molar-refractivity contribution < 1.29 is 9.47 Å². The van der Waals surface area contributed by atoms with Gasteiger partial charge in [0.25, 0.3) is 0 Å². The minimum atomic E-state index is -0.0277. The van der Waals surface area contributed by atoms with Gasteiger partial charge in [0.2, 0.25) is 0 Å². The summed E-state index contributed by atoms with van der Waals surface area (Å²) in [5.41, 5.74) is 8.25. The van der Waals surface area contributed by atoms with Gasteiger partial charge in [0.1, 0.15) is 18.5 Å². The molecule has 0 aromatic heterocycles. The first-order chi connectivity index (χ1) is 9.97. The van der Waals surface area contributed by atoms with E-state index >= 15 is 0 Å². The highest BCUT2D eigenvalue weighted by atomic mass is 16.5. The lowest BCUT2D eigenvalue weighted by molar-refractivity contribution is -0.0565. The molecule has 4 nitrogen and oxygen atoms in total. The van der Waals surface area contributed by atoms with Crippen LogP contribution in [0, 0.1) is 6.92 Å². The minimum absolute atomic E-state index is 0.0277. The number of nitrogens with two attached hydrogens (primary N) is 1. The normalized spacial score (nSPS) is 21.5. The Bertz CT molecular complexity index is 460. The van der Waals surface area contributed by atoms with Crippen LogP contribution >= 0.6 is 0 Å². The number of morpholine rings is 1. The van der Waals surface area contributed by atoms with E-state index in [1.165, 1.54) is 5.56 Å². The van der Waals surface area contributed by atoms with Gasteiger partial charge in [0, 0.05) is 30.7 Å². The SMILES string of the molecule is Cc1ccc(C(C)N)c(OCC2CN(C(C)C)CCO2)c1. The fourth-order valence-electron chi connectivity index (χ4n) is 2.64. The van der Waals surface area contributed by atoms with Crippen LogP contribution in [0.5, 0.6) is 5.75 Å². The summed E-state index contributed by atoms with van der Waals surface area (Å²) in [4.78, 5) is 2.43. The third-order valence-corrected chi connectivity index (χ3v) is 3.98. The Morgan fingerprint density at radius 1 is 1.38 bits per heavy atom. The molecule has 4 heteroatoms. The molecule has 2 atom stereocenters. The van der Waals surface area contributed by atoms with E-state index in [4.69, 9.17) is 15.2 Å². The fourth-order valence-corrected chi connectivity index (χ4v) is 2.64. The second kappa shape index (κ2) is 7.25. The van der Waals surface area contributed by atoms with Gasteiger partial charge in [-0.15, -0.1) is 0 Å². The maximum atomic E-state index is 6.02. The first-order valence-corrected chi connectivity index (χ1v) is 7.82. The van der Waals surface area contributed by atoms with Gasteiger partial charge in [-0.25, -0.2) is 0 Å². The molecular weight excluding hydrogens is 264 g/mol. The highest BCUT2D eigenvalue weighted by molar-refractivity contribution is 5.38.